The van der Waals surface area contributed by atoms with Crippen molar-refractivity contribution >= 4 is 0 Å². The molecule has 1 heterocycles. The van der Waals surface area contributed by atoms with Gasteiger partial charge >= 0.3 is 0 Å². The molecule has 20 heavy (non-hydrogen) atoms. The highest BCUT2D eigenvalue weighted by atomic mass is 16.5. The molecule has 0 unspecified atom stereocenters. The van der Waals surface area contributed by atoms with E-state index in [0.717, 1.165) is 24.3 Å². The predicted molar refractivity (Wildman–Crippen MR) is 78.1 cm³/mol. The number of nitrogens with zero attached hydrogens (tertiary/aromatic N) is 2. The topological polar surface area (TPSA) is 56.3 Å². The third-order valence-corrected chi connectivity index (χ3v) is 2.82. The van der Waals surface area contributed by atoms with Crippen molar-refractivity contribution in [1.82, 2.24) is 15.3 Å². The molecule has 1 aromatic carbocycles. The third-order valence-electron chi connectivity index (χ3n) is 2.82. The van der Waals surface area contributed by atoms with E-state index in [1.165, 1.54) is 0 Å². The maximum atomic E-state index is 5.55. The maximum absolute atomic E-state index is 5.55. The van der Waals surface area contributed by atoms with Gasteiger partial charge in [0.2, 0.25) is 0 Å². The van der Waals surface area contributed by atoms with Crippen molar-refractivity contribution in [2.75, 3.05) is 27.3 Å². The molecule has 1 aromatic heterocycles. The number of methoxy groups -OCH3 is 1. The van der Waals surface area contributed by atoms with Crippen LogP contribution in [0.4, 0.5) is 0 Å². The first-order chi connectivity index (χ1) is 9.83. The summed E-state index contributed by atoms with van der Waals surface area (Å²) in [5.74, 6) is 2.19. The van der Waals surface area contributed by atoms with Gasteiger partial charge in [-0.3, -0.25) is 0 Å². The van der Waals surface area contributed by atoms with Crippen molar-refractivity contribution in [3.63, 3.8) is 0 Å². The average molecular weight is 273 g/mol. The minimum atomic E-state index is 0.659. The van der Waals surface area contributed by atoms with E-state index in [1.54, 1.807) is 19.5 Å². The van der Waals surface area contributed by atoms with Crippen LogP contribution in [0.15, 0.2) is 36.7 Å². The highest BCUT2D eigenvalue weighted by Gasteiger charge is 2.02. The fourth-order valence-electron chi connectivity index (χ4n) is 1.72. The van der Waals surface area contributed by atoms with Crippen LogP contribution in [0.5, 0.6) is 11.5 Å². The van der Waals surface area contributed by atoms with Gasteiger partial charge in [-0.1, -0.05) is 0 Å². The highest BCUT2D eigenvalue weighted by molar-refractivity contribution is 5.56. The molecule has 0 saturated carbocycles. The average Bonchev–Trinajstić information content (AvgIpc) is 2.52. The van der Waals surface area contributed by atoms with E-state index in [1.807, 2.05) is 31.3 Å². The van der Waals surface area contributed by atoms with Crippen LogP contribution in [-0.2, 0) is 0 Å². The summed E-state index contributed by atoms with van der Waals surface area (Å²) in [6, 6.07) is 7.64. The first-order valence-corrected chi connectivity index (χ1v) is 6.57. The largest absolute Gasteiger partial charge is 0.497 e. The van der Waals surface area contributed by atoms with E-state index < -0.39 is 0 Å². The Morgan fingerprint density at radius 2 is 1.75 bits per heavy atom. The molecule has 0 radical (unpaired) electrons. The molecule has 106 valence electrons. The molecule has 0 atom stereocenters. The molecular weight excluding hydrogens is 254 g/mol. The molecule has 2 rings (SSSR count). The van der Waals surface area contributed by atoms with Crippen LogP contribution in [0, 0.1) is 0 Å². The van der Waals surface area contributed by atoms with E-state index in [4.69, 9.17) is 9.47 Å². The van der Waals surface area contributed by atoms with E-state index in [9.17, 15) is 0 Å². The van der Waals surface area contributed by atoms with Gasteiger partial charge in [-0.05, 0) is 44.3 Å². The molecule has 0 aliphatic rings. The maximum Gasteiger partial charge on any atom is 0.159 e. The molecule has 0 aliphatic heterocycles. The smallest absolute Gasteiger partial charge is 0.159 e. The van der Waals surface area contributed by atoms with Crippen LogP contribution in [0.2, 0.25) is 0 Å². The summed E-state index contributed by atoms with van der Waals surface area (Å²) >= 11 is 0. The van der Waals surface area contributed by atoms with E-state index in [2.05, 4.69) is 15.3 Å². The van der Waals surface area contributed by atoms with Crippen molar-refractivity contribution in [3.8, 4) is 22.9 Å². The zero-order valence-corrected chi connectivity index (χ0v) is 11.8. The lowest BCUT2D eigenvalue weighted by molar-refractivity contribution is 0.307. The van der Waals surface area contributed by atoms with Crippen molar-refractivity contribution in [2.24, 2.45) is 0 Å². The molecule has 5 heteroatoms. The fourth-order valence-corrected chi connectivity index (χ4v) is 1.72. The minimum absolute atomic E-state index is 0.659. The molecular formula is C15H19N3O2. The Kier molecular flexibility index (Phi) is 5.32. The minimum Gasteiger partial charge on any atom is -0.497 e. The molecule has 0 fully saturated rings. The Morgan fingerprint density at radius 3 is 2.35 bits per heavy atom. The second-order valence-corrected chi connectivity index (χ2v) is 4.28. The van der Waals surface area contributed by atoms with Crippen LogP contribution in [0.3, 0.4) is 0 Å². The Bertz CT molecular complexity index is 512. The Hall–Kier alpha value is -2.14. The van der Waals surface area contributed by atoms with Gasteiger partial charge in [-0.25, -0.2) is 9.97 Å². The molecule has 0 aliphatic carbocycles. The summed E-state index contributed by atoms with van der Waals surface area (Å²) in [4.78, 5) is 8.62. The van der Waals surface area contributed by atoms with Crippen LogP contribution in [0.25, 0.3) is 11.4 Å². The molecule has 0 spiro atoms. The van der Waals surface area contributed by atoms with Crippen molar-refractivity contribution in [3.05, 3.63) is 36.7 Å². The van der Waals surface area contributed by atoms with Gasteiger partial charge in [-0.15, -0.1) is 0 Å². The number of nitrogens with one attached hydrogen (secondary N) is 1. The lowest BCUT2D eigenvalue weighted by atomic mass is 10.2. The Labute approximate surface area is 119 Å². The first-order valence-electron chi connectivity index (χ1n) is 6.57. The van der Waals surface area contributed by atoms with Gasteiger partial charge in [0, 0.05) is 5.56 Å². The summed E-state index contributed by atoms with van der Waals surface area (Å²) in [5.41, 5.74) is 0.951. The van der Waals surface area contributed by atoms with Gasteiger partial charge in [0.25, 0.3) is 0 Å². The van der Waals surface area contributed by atoms with Gasteiger partial charge < -0.3 is 14.8 Å². The normalized spacial score (nSPS) is 10.3. The fraction of sp³-hybridized carbons (Fsp3) is 0.333. The first kappa shape index (κ1) is 14.3. The standard InChI is InChI=1S/C15H19N3O2/c1-16-8-3-9-20-14-10-17-15(18-11-14)12-4-6-13(19-2)7-5-12/h4-7,10-11,16H,3,8-9H2,1-2H3. The van der Waals surface area contributed by atoms with E-state index >= 15 is 0 Å². The zero-order valence-electron chi connectivity index (χ0n) is 11.8. The van der Waals surface area contributed by atoms with Crippen LogP contribution in [0.1, 0.15) is 6.42 Å². The molecule has 0 bridgehead atoms. The molecule has 0 saturated heterocycles. The monoisotopic (exact) mass is 273 g/mol. The summed E-state index contributed by atoms with van der Waals surface area (Å²) < 4.78 is 10.7. The summed E-state index contributed by atoms with van der Waals surface area (Å²) in [7, 11) is 3.57. The van der Waals surface area contributed by atoms with Gasteiger partial charge in [0.1, 0.15) is 5.75 Å². The SMILES string of the molecule is CNCCCOc1cnc(-c2ccc(OC)cc2)nc1. The van der Waals surface area contributed by atoms with Crippen LogP contribution >= 0.6 is 0 Å². The predicted octanol–water partition coefficient (Wildman–Crippen LogP) is 2.14. The van der Waals surface area contributed by atoms with Gasteiger partial charge in [0.15, 0.2) is 11.6 Å². The quantitative estimate of drug-likeness (QED) is 0.783. The number of benzene rings is 1. The lowest BCUT2D eigenvalue weighted by Gasteiger charge is -2.06. The molecule has 0 amide bonds. The van der Waals surface area contributed by atoms with Crippen molar-refractivity contribution in [2.45, 2.75) is 6.42 Å². The number of hydrogen-bond acceptors (Lipinski definition) is 5. The highest BCUT2D eigenvalue weighted by Crippen LogP contribution is 2.19. The number of ether oxygens (including phenoxy) is 2. The summed E-state index contributed by atoms with van der Waals surface area (Å²) in [5, 5.41) is 3.07. The molecule has 1 N–H and O–H groups in total. The second kappa shape index (κ2) is 7.45. The number of aromatic nitrogens is 2. The number of hydrogen-bond donors (Lipinski definition) is 1. The van der Waals surface area contributed by atoms with Crippen molar-refractivity contribution < 1.29 is 9.47 Å². The summed E-state index contributed by atoms with van der Waals surface area (Å²) in [6.45, 7) is 1.59. The van der Waals surface area contributed by atoms with Crippen LogP contribution in [-0.4, -0.2) is 37.3 Å². The van der Waals surface area contributed by atoms with Crippen molar-refractivity contribution in [1.29, 1.82) is 0 Å². The summed E-state index contributed by atoms with van der Waals surface area (Å²) in [6.07, 6.45) is 4.36. The van der Waals surface area contributed by atoms with Gasteiger partial charge in [-0.2, -0.15) is 0 Å². The molecule has 2 aromatic rings. The molecule has 5 nitrogen and oxygen atoms in total. The van der Waals surface area contributed by atoms with Crippen LogP contribution < -0.4 is 14.8 Å². The third kappa shape index (κ3) is 3.93. The zero-order chi connectivity index (χ0) is 14.2. The second-order valence-electron chi connectivity index (χ2n) is 4.28. The van der Waals surface area contributed by atoms with Gasteiger partial charge in [0.05, 0.1) is 26.1 Å². The Balaban J connectivity index is 1.96. The van der Waals surface area contributed by atoms with E-state index in [-0.39, 0.29) is 0 Å². The number of rotatable bonds is 7. The lowest BCUT2D eigenvalue weighted by Crippen LogP contribution is -2.11. The van der Waals surface area contributed by atoms with E-state index in [0.29, 0.717) is 18.2 Å². The Morgan fingerprint density at radius 1 is 1.05 bits per heavy atom.